The normalized spacial score (nSPS) is 9.63. The van der Waals surface area contributed by atoms with Crippen LogP contribution in [-0.2, 0) is 4.79 Å². The third-order valence-corrected chi connectivity index (χ3v) is 2.52. The van der Waals surface area contributed by atoms with Gasteiger partial charge in [0, 0.05) is 11.4 Å². The molecule has 0 aliphatic carbocycles. The molecule has 0 saturated heterocycles. The number of hydrogen-bond donors (Lipinski definition) is 2. The molecule has 0 fully saturated rings. The maximum absolute atomic E-state index is 11.6. The van der Waals surface area contributed by atoms with Crippen LogP contribution in [0, 0.1) is 0 Å². The van der Waals surface area contributed by atoms with Crippen molar-refractivity contribution in [1.29, 1.82) is 0 Å². The van der Waals surface area contributed by atoms with E-state index in [1.165, 1.54) is 0 Å². The summed E-state index contributed by atoms with van der Waals surface area (Å²) in [5.74, 6) is 0.561. The first-order valence-corrected chi connectivity index (χ1v) is 6.47. The van der Waals surface area contributed by atoms with Crippen molar-refractivity contribution < 1.29 is 9.53 Å². The summed E-state index contributed by atoms with van der Waals surface area (Å²) < 4.78 is 5.55. The number of ether oxygens (including phenoxy) is 1. The van der Waals surface area contributed by atoms with Gasteiger partial charge in [-0.25, -0.2) is 0 Å². The van der Waals surface area contributed by atoms with E-state index in [0.717, 1.165) is 6.42 Å². The number of hydrogen-bond acceptors (Lipinski definition) is 3. The lowest BCUT2D eigenvalue weighted by molar-refractivity contribution is -0.116. The van der Waals surface area contributed by atoms with Gasteiger partial charge in [-0.1, -0.05) is 18.5 Å². The van der Waals surface area contributed by atoms with Crippen molar-refractivity contribution in [1.82, 2.24) is 0 Å². The summed E-state index contributed by atoms with van der Waals surface area (Å²) in [6.07, 6.45) is 1.97. The summed E-state index contributed by atoms with van der Waals surface area (Å²) >= 11 is 5.91. The van der Waals surface area contributed by atoms with Crippen LogP contribution in [0.5, 0.6) is 5.75 Å². The maximum Gasteiger partial charge on any atom is 0.224 e. The Labute approximate surface area is 125 Å². The van der Waals surface area contributed by atoms with Gasteiger partial charge >= 0.3 is 0 Å². The number of nitrogens with two attached hydrogens (primary N) is 1. The first kappa shape index (κ1) is 18.0. The van der Waals surface area contributed by atoms with Crippen molar-refractivity contribution in [3.05, 3.63) is 23.2 Å². The van der Waals surface area contributed by atoms with Crippen LogP contribution in [0.15, 0.2) is 18.2 Å². The lowest BCUT2D eigenvalue weighted by Gasteiger charge is -2.12. The topological polar surface area (TPSA) is 64.3 Å². The Kier molecular flexibility index (Phi) is 9.39. The zero-order valence-corrected chi connectivity index (χ0v) is 12.5. The second-order valence-electron chi connectivity index (χ2n) is 3.93. The predicted octanol–water partition coefficient (Wildman–Crippen LogP) is 3.23. The van der Waals surface area contributed by atoms with Gasteiger partial charge in [0.15, 0.2) is 0 Å². The van der Waals surface area contributed by atoms with Gasteiger partial charge in [0.2, 0.25) is 5.91 Å². The summed E-state index contributed by atoms with van der Waals surface area (Å²) in [5.41, 5.74) is 5.97. The minimum absolute atomic E-state index is 0. The Morgan fingerprint density at radius 3 is 2.84 bits per heavy atom. The fourth-order valence-electron chi connectivity index (χ4n) is 1.41. The number of anilines is 1. The minimum Gasteiger partial charge on any atom is -0.491 e. The highest BCUT2D eigenvalue weighted by Crippen LogP contribution is 2.28. The Hall–Kier alpha value is -0.970. The molecular formula is C13H20Cl2N2O2. The molecule has 0 aliphatic heterocycles. The molecule has 1 amide bonds. The molecular weight excluding hydrogens is 287 g/mol. The molecule has 0 aromatic heterocycles. The van der Waals surface area contributed by atoms with Crippen molar-refractivity contribution in [2.45, 2.75) is 26.2 Å². The van der Waals surface area contributed by atoms with Crippen molar-refractivity contribution in [3.8, 4) is 5.75 Å². The maximum atomic E-state index is 11.6. The summed E-state index contributed by atoms with van der Waals surface area (Å²) in [4.78, 5) is 11.6. The van der Waals surface area contributed by atoms with E-state index in [-0.39, 0.29) is 18.3 Å². The van der Waals surface area contributed by atoms with E-state index in [2.05, 4.69) is 5.32 Å². The zero-order valence-electron chi connectivity index (χ0n) is 10.9. The van der Waals surface area contributed by atoms with Gasteiger partial charge in [0.1, 0.15) is 5.75 Å². The van der Waals surface area contributed by atoms with Crippen LogP contribution < -0.4 is 15.8 Å². The number of carbonyl (C=O) groups is 1. The van der Waals surface area contributed by atoms with Gasteiger partial charge in [-0.2, -0.15) is 0 Å². The molecule has 0 radical (unpaired) electrons. The third-order valence-electron chi connectivity index (χ3n) is 2.29. The molecule has 0 bridgehead atoms. The molecule has 0 atom stereocenters. The van der Waals surface area contributed by atoms with E-state index < -0.39 is 0 Å². The smallest absolute Gasteiger partial charge is 0.224 e. The first-order chi connectivity index (χ1) is 8.67. The third kappa shape index (κ3) is 6.66. The second kappa shape index (κ2) is 9.89. The Balaban J connectivity index is 0.00000324. The Morgan fingerprint density at radius 2 is 2.21 bits per heavy atom. The van der Waals surface area contributed by atoms with E-state index in [1.54, 1.807) is 18.2 Å². The molecule has 0 unspecified atom stereocenters. The second-order valence-corrected chi connectivity index (χ2v) is 4.37. The highest BCUT2D eigenvalue weighted by molar-refractivity contribution is 6.31. The fourth-order valence-corrected chi connectivity index (χ4v) is 1.59. The van der Waals surface area contributed by atoms with Gasteiger partial charge in [-0.3, -0.25) is 4.79 Å². The highest BCUT2D eigenvalue weighted by atomic mass is 35.5. The van der Waals surface area contributed by atoms with Crippen LogP contribution in [0.2, 0.25) is 5.02 Å². The molecule has 6 heteroatoms. The van der Waals surface area contributed by atoms with Crippen molar-refractivity contribution in [2.24, 2.45) is 5.73 Å². The average molecular weight is 307 g/mol. The summed E-state index contributed by atoms with van der Waals surface area (Å²) in [5, 5.41) is 3.35. The van der Waals surface area contributed by atoms with Crippen LogP contribution in [0.4, 0.5) is 5.69 Å². The molecule has 108 valence electrons. The molecule has 19 heavy (non-hydrogen) atoms. The van der Waals surface area contributed by atoms with E-state index in [4.69, 9.17) is 22.1 Å². The number of amides is 1. The highest BCUT2D eigenvalue weighted by Gasteiger charge is 2.08. The van der Waals surface area contributed by atoms with E-state index in [1.807, 2.05) is 6.92 Å². The summed E-state index contributed by atoms with van der Waals surface area (Å²) in [6, 6.07) is 5.19. The summed E-state index contributed by atoms with van der Waals surface area (Å²) in [7, 11) is 0. The van der Waals surface area contributed by atoms with Crippen molar-refractivity contribution in [3.63, 3.8) is 0 Å². The van der Waals surface area contributed by atoms with E-state index in [0.29, 0.717) is 42.5 Å². The van der Waals surface area contributed by atoms with E-state index in [9.17, 15) is 4.79 Å². The van der Waals surface area contributed by atoms with Crippen molar-refractivity contribution in [2.75, 3.05) is 18.5 Å². The Morgan fingerprint density at radius 1 is 1.47 bits per heavy atom. The van der Waals surface area contributed by atoms with Crippen LogP contribution in [0.3, 0.4) is 0 Å². The predicted molar refractivity (Wildman–Crippen MR) is 81.4 cm³/mol. The quantitative estimate of drug-likeness (QED) is 0.813. The molecule has 1 aromatic rings. The van der Waals surface area contributed by atoms with Crippen LogP contribution in [0.1, 0.15) is 26.2 Å². The molecule has 1 aromatic carbocycles. The van der Waals surface area contributed by atoms with Gasteiger partial charge in [0.05, 0.1) is 12.3 Å². The lowest BCUT2D eigenvalue weighted by atomic mass is 10.2. The number of benzene rings is 1. The van der Waals surface area contributed by atoms with Crippen LogP contribution >= 0.6 is 24.0 Å². The number of nitrogens with one attached hydrogen (secondary N) is 1. The molecule has 0 aliphatic rings. The Bertz CT molecular complexity index is 400. The molecule has 0 saturated carbocycles. The largest absolute Gasteiger partial charge is 0.491 e. The lowest BCUT2D eigenvalue weighted by Crippen LogP contribution is -2.14. The molecule has 1 rings (SSSR count). The molecule has 0 spiro atoms. The van der Waals surface area contributed by atoms with Gasteiger partial charge in [-0.05, 0) is 37.6 Å². The monoisotopic (exact) mass is 306 g/mol. The fraction of sp³-hybridized carbons (Fsp3) is 0.462. The van der Waals surface area contributed by atoms with Crippen molar-refractivity contribution >= 4 is 35.6 Å². The minimum atomic E-state index is -0.0796. The van der Waals surface area contributed by atoms with Gasteiger partial charge in [-0.15, -0.1) is 12.4 Å². The number of rotatable bonds is 7. The zero-order chi connectivity index (χ0) is 13.4. The standard InChI is InChI=1S/C13H19ClN2O2.ClH/c1-2-8-18-12-6-5-10(14)9-11(12)16-13(17)4-3-7-15;/h5-6,9H,2-4,7-8,15H2,1H3,(H,16,17);1H. The van der Waals surface area contributed by atoms with Gasteiger partial charge in [0.25, 0.3) is 0 Å². The molecule has 0 heterocycles. The van der Waals surface area contributed by atoms with Crippen LogP contribution in [-0.4, -0.2) is 19.1 Å². The summed E-state index contributed by atoms with van der Waals surface area (Å²) in [6.45, 7) is 3.13. The number of halogens is 2. The van der Waals surface area contributed by atoms with E-state index >= 15 is 0 Å². The average Bonchev–Trinajstić information content (AvgIpc) is 2.35. The SMILES string of the molecule is CCCOc1ccc(Cl)cc1NC(=O)CCCN.Cl. The first-order valence-electron chi connectivity index (χ1n) is 6.09. The number of carbonyl (C=O) groups excluding carboxylic acids is 1. The molecule has 3 N–H and O–H groups in total. The molecule has 4 nitrogen and oxygen atoms in total. The van der Waals surface area contributed by atoms with Crippen LogP contribution in [0.25, 0.3) is 0 Å². The van der Waals surface area contributed by atoms with Gasteiger partial charge < -0.3 is 15.8 Å².